The average molecular weight is 290 g/mol. The Balaban J connectivity index is 2.93. The molecule has 19 heavy (non-hydrogen) atoms. The fraction of sp³-hybridized carbons (Fsp3) is 0.375. The van der Waals surface area contributed by atoms with Crippen LogP contribution in [0.1, 0.15) is 0 Å². The quantitative estimate of drug-likeness (QED) is 0.643. The molecule has 104 valence electrons. The van der Waals surface area contributed by atoms with Crippen molar-refractivity contribution in [2.24, 2.45) is 21.1 Å². The smallest absolute Gasteiger partial charge is 0.324 e. The van der Waals surface area contributed by atoms with E-state index in [4.69, 9.17) is 4.55 Å². The third-order valence-electron chi connectivity index (χ3n) is 2.61. The van der Waals surface area contributed by atoms with Crippen LogP contribution in [0, 0.1) is 0 Å². The lowest BCUT2D eigenvalue weighted by Gasteiger charge is -2.03. The zero-order valence-corrected chi connectivity index (χ0v) is 11.0. The summed E-state index contributed by atoms with van der Waals surface area (Å²) in [6.45, 7) is 0. The van der Waals surface area contributed by atoms with Gasteiger partial charge in [0.2, 0.25) is 0 Å². The van der Waals surface area contributed by atoms with Gasteiger partial charge in [0.15, 0.2) is 11.2 Å². The monoisotopic (exact) mass is 290 g/mol. The third kappa shape index (κ3) is 2.02. The SMILES string of the molecule is Cn1c(=O)c2c(nc(OS(=O)(=O)O)n2C)n(C)c1=O. The van der Waals surface area contributed by atoms with Crippen molar-refractivity contribution in [2.75, 3.05) is 0 Å². The number of nitrogens with zero attached hydrogens (tertiary/aromatic N) is 4. The Morgan fingerprint density at radius 2 is 1.68 bits per heavy atom. The van der Waals surface area contributed by atoms with Gasteiger partial charge in [-0.05, 0) is 0 Å². The van der Waals surface area contributed by atoms with E-state index in [1.54, 1.807) is 0 Å². The van der Waals surface area contributed by atoms with Crippen molar-refractivity contribution >= 4 is 21.6 Å². The second-order valence-corrected chi connectivity index (χ2v) is 4.86. The molecule has 2 aromatic heterocycles. The van der Waals surface area contributed by atoms with Crippen molar-refractivity contribution in [3.8, 4) is 6.01 Å². The molecule has 0 amide bonds. The molecule has 0 aromatic carbocycles. The van der Waals surface area contributed by atoms with Gasteiger partial charge < -0.3 is 4.18 Å². The minimum atomic E-state index is -4.77. The van der Waals surface area contributed by atoms with Gasteiger partial charge in [0, 0.05) is 21.1 Å². The molecule has 2 aromatic rings. The Bertz CT molecular complexity index is 887. The Morgan fingerprint density at radius 1 is 1.11 bits per heavy atom. The van der Waals surface area contributed by atoms with Crippen molar-refractivity contribution in [1.29, 1.82) is 0 Å². The normalized spacial score (nSPS) is 12.0. The van der Waals surface area contributed by atoms with E-state index >= 15 is 0 Å². The summed E-state index contributed by atoms with van der Waals surface area (Å²) in [5.41, 5.74) is -1.34. The number of imidazole rings is 1. The van der Waals surface area contributed by atoms with Crippen LogP contribution < -0.4 is 15.4 Å². The molecule has 0 aliphatic rings. The van der Waals surface area contributed by atoms with Crippen molar-refractivity contribution < 1.29 is 17.2 Å². The summed E-state index contributed by atoms with van der Waals surface area (Å²) < 4.78 is 37.1. The maximum Gasteiger partial charge on any atom is 0.449 e. The molecule has 0 spiro atoms. The lowest BCUT2D eigenvalue weighted by molar-refractivity contribution is 0.369. The van der Waals surface area contributed by atoms with E-state index in [0.29, 0.717) is 0 Å². The zero-order chi connectivity index (χ0) is 14.5. The number of fused-ring (bicyclic) bond motifs is 1. The highest BCUT2D eigenvalue weighted by Crippen LogP contribution is 2.16. The highest BCUT2D eigenvalue weighted by molar-refractivity contribution is 7.81. The molecule has 0 radical (unpaired) electrons. The molecular weight excluding hydrogens is 280 g/mol. The molecule has 2 heterocycles. The van der Waals surface area contributed by atoms with Crippen molar-refractivity contribution in [3.05, 3.63) is 20.8 Å². The van der Waals surface area contributed by atoms with Crippen LogP contribution in [0.25, 0.3) is 11.2 Å². The molecule has 0 fully saturated rings. The van der Waals surface area contributed by atoms with Crippen LogP contribution in [0.2, 0.25) is 0 Å². The van der Waals surface area contributed by atoms with E-state index < -0.39 is 27.7 Å². The lowest BCUT2D eigenvalue weighted by Crippen LogP contribution is -2.37. The molecule has 10 nitrogen and oxygen atoms in total. The van der Waals surface area contributed by atoms with Gasteiger partial charge in [0.25, 0.3) is 5.56 Å². The van der Waals surface area contributed by atoms with E-state index in [0.717, 1.165) is 13.7 Å². The molecule has 0 saturated heterocycles. The summed E-state index contributed by atoms with van der Waals surface area (Å²) in [5.74, 6) is 0. The van der Waals surface area contributed by atoms with E-state index in [1.165, 1.54) is 21.1 Å². The summed E-state index contributed by atoms with van der Waals surface area (Å²) in [4.78, 5) is 27.3. The predicted octanol–water partition coefficient (Wildman–Crippen LogP) is -1.85. The number of hydrogen-bond acceptors (Lipinski definition) is 6. The lowest BCUT2D eigenvalue weighted by atomic mass is 10.5. The van der Waals surface area contributed by atoms with E-state index in [-0.39, 0.29) is 11.2 Å². The van der Waals surface area contributed by atoms with Gasteiger partial charge in [0.05, 0.1) is 0 Å². The number of aryl methyl sites for hydroxylation is 2. The maximum atomic E-state index is 11.9. The summed E-state index contributed by atoms with van der Waals surface area (Å²) in [7, 11) is -0.804. The highest BCUT2D eigenvalue weighted by Gasteiger charge is 2.20. The largest absolute Gasteiger partial charge is 0.449 e. The summed E-state index contributed by atoms with van der Waals surface area (Å²) in [6.07, 6.45) is 0. The van der Waals surface area contributed by atoms with Crippen molar-refractivity contribution in [2.45, 2.75) is 0 Å². The zero-order valence-electron chi connectivity index (χ0n) is 10.2. The van der Waals surface area contributed by atoms with E-state index in [2.05, 4.69) is 9.17 Å². The van der Waals surface area contributed by atoms with Crippen LogP contribution >= 0.6 is 0 Å². The number of rotatable bonds is 2. The molecule has 2 rings (SSSR count). The predicted molar refractivity (Wildman–Crippen MR) is 63.4 cm³/mol. The van der Waals surface area contributed by atoms with Crippen molar-refractivity contribution in [3.63, 3.8) is 0 Å². The van der Waals surface area contributed by atoms with Crippen LogP contribution in [0.5, 0.6) is 6.01 Å². The molecule has 0 atom stereocenters. The molecule has 11 heteroatoms. The van der Waals surface area contributed by atoms with Gasteiger partial charge >= 0.3 is 22.1 Å². The second-order valence-electron chi connectivity index (χ2n) is 3.84. The Morgan fingerprint density at radius 3 is 2.21 bits per heavy atom. The Hall–Kier alpha value is -2.14. The first-order valence-corrected chi connectivity index (χ1v) is 6.29. The van der Waals surface area contributed by atoms with Crippen molar-refractivity contribution in [1.82, 2.24) is 18.7 Å². The van der Waals surface area contributed by atoms with Gasteiger partial charge in [0.1, 0.15) is 0 Å². The Labute approximate surface area is 106 Å². The van der Waals surface area contributed by atoms with Crippen LogP contribution in [0.3, 0.4) is 0 Å². The first-order valence-electron chi connectivity index (χ1n) is 4.93. The summed E-state index contributed by atoms with van der Waals surface area (Å²) in [6, 6.07) is -0.518. The van der Waals surface area contributed by atoms with E-state index in [9.17, 15) is 18.0 Å². The topological polar surface area (TPSA) is 125 Å². The fourth-order valence-corrected chi connectivity index (χ4v) is 2.00. The number of aromatic nitrogens is 4. The van der Waals surface area contributed by atoms with Gasteiger partial charge in [-0.1, -0.05) is 0 Å². The highest BCUT2D eigenvalue weighted by atomic mass is 32.3. The molecule has 0 aliphatic carbocycles. The minimum absolute atomic E-state index is 0.0248. The molecule has 0 unspecified atom stereocenters. The Kier molecular flexibility index (Phi) is 2.75. The summed E-state index contributed by atoms with van der Waals surface area (Å²) >= 11 is 0. The molecule has 0 bridgehead atoms. The van der Waals surface area contributed by atoms with Gasteiger partial charge in [-0.2, -0.15) is 13.4 Å². The summed E-state index contributed by atoms with van der Waals surface area (Å²) in [5, 5.41) is 0. The number of hydrogen-bond donors (Lipinski definition) is 1. The third-order valence-corrected chi connectivity index (χ3v) is 2.97. The maximum absolute atomic E-state index is 11.9. The van der Waals surface area contributed by atoms with Gasteiger partial charge in [-0.15, -0.1) is 0 Å². The van der Waals surface area contributed by atoms with E-state index in [1.807, 2.05) is 0 Å². The first-order chi connectivity index (χ1) is 8.63. The standard InChI is InChI=1S/C8H10N4O6S/c1-10-4-5(9-7(10)18-19(15,16)17)11(2)8(14)12(3)6(4)13/h1-3H3,(H,15,16,17). The first kappa shape index (κ1) is 13.3. The average Bonchev–Trinajstić information content (AvgIpc) is 2.60. The molecule has 1 N–H and O–H groups in total. The minimum Gasteiger partial charge on any atom is -0.324 e. The second kappa shape index (κ2) is 3.93. The van der Waals surface area contributed by atoms with Gasteiger partial charge in [-0.25, -0.2) is 4.79 Å². The molecule has 0 aliphatic heterocycles. The fourth-order valence-electron chi connectivity index (χ4n) is 1.67. The molecular formula is C8H10N4O6S. The van der Waals surface area contributed by atoms with Crippen LogP contribution in [-0.2, 0) is 31.5 Å². The molecule has 0 saturated carbocycles. The van der Waals surface area contributed by atoms with Gasteiger partial charge in [-0.3, -0.25) is 23.0 Å². The van der Waals surface area contributed by atoms with Crippen LogP contribution in [0.15, 0.2) is 9.59 Å². The van der Waals surface area contributed by atoms with Crippen LogP contribution in [0.4, 0.5) is 0 Å². The van der Waals surface area contributed by atoms with Crippen LogP contribution in [-0.4, -0.2) is 31.7 Å².